The number of anilines is 1. The van der Waals surface area contributed by atoms with Crippen LogP contribution in [0, 0.1) is 0 Å². The first-order chi connectivity index (χ1) is 19.8. The standard InChI is InChI=1S/C31H30Cl2N6O2/c1-34-30(41)27-28(36-17-21-7-11-25(33)12-8-21)37-18-26(38-27)22-3-2-4-23(15-22)29(40)39-31(13-14-35-19-31)16-20-5-9-24(32)10-6-20/h2-12,15,18,35H,13-14,16-17,19H2,1H3,(H,34,41)(H,36,37)(H,39,40)/t31-/m0/s1. The van der Waals surface area contributed by atoms with E-state index in [-0.39, 0.29) is 17.5 Å². The summed E-state index contributed by atoms with van der Waals surface area (Å²) in [6, 6.07) is 22.3. The summed E-state index contributed by atoms with van der Waals surface area (Å²) in [7, 11) is 1.54. The van der Waals surface area contributed by atoms with Crippen molar-refractivity contribution >= 4 is 40.8 Å². The number of benzene rings is 3. The second-order valence-electron chi connectivity index (χ2n) is 10.1. The minimum Gasteiger partial charge on any atom is -0.364 e. The lowest BCUT2D eigenvalue weighted by Gasteiger charge is -2.30. The molecule has 1 aliphatic heterocycles. The van der Waals surface area contributed by atoms with Gasteiger partial charge in [-0.3, -0.25) is 9.59 Å². The van der Waals surface area contributed by atoms with Crippen LogP contribution < -0.4 is 21.3 Å². The highest BCUT2D eigenvalue weighted by Crippen LogP contribution is 2.25. The topological polar surface area (TPSA) is 108 Å². The second kappa shape index (κ2) is 12.7. The van der Waals surface area contributed by atoms with Crippen molar-refractivity contribution in [1.29, 1.82) is 0 Å². The van der Waals surface area contributed by atoms with Crippen molar-refractivity contribution in [1.82, 2.24) is 25.9 Å². The third-order valence-corrected chi connectivity index (χ3v) is 7.59. The third kappa shape index (κ3) is 7.03. The number of rotatable bonds is 9. The van der Waals surface area contributed by atoms with E-state index in [2.05, 4.69) is 31.2 Å². The predicted molar refractivity (Wildman–Crippen MR) is 162 cm³/mol. The average molecular weight is 590 g/mol. The van der Waals surface area contributed by atoms with Gasteiger partial charge in [0.1, 0.15) is 0 Å². The quantitative estimate of drug-likeness (QED) is 0.216. The van der Waals surface area contributed by atoms with Gasteiger partial charge in [-0.05, 0) is 66.9 Å². The molecular weight excluding hydrogens is 559 g/mol. The molecule has 1 fully saturated rings. The molecule has 5 rings (SSSR count). The molecule has 4 N–H and O–H groups in total. The lowest BCUT2D eigenvalue weighted by molar-refractivity contribution is 0.0904. The van der Waals surface area contributed by atoms with Gasteiger partial charge >= 0.3 is 0 Å². The molecule has 1 saturated heterocycles. The molecule has 0 spiro atoms. The highest BCUT2D eigenvalue weighted by molar-refractivity contribution is 6.30. The smallest absolute Gasteiger partial charge is 0.273 e. The maximum atomic E-state index is 13.5. The fourth-order valence-corrected chi connectivity index (χ4v) is 5.15. The summed E-state index contributed by atoms with van der Waals surface area (Å²) in [4.78, 5) is 35.3. The van der Waals surface area contributed by atoms with Gasteiger partial charge in [-0.1, -0.05) is 59.6 Å². The number of amides is 2. The van der Waals surface area contributed by atoms with Crippen molar-refractivity contribution in [3.05, 3.63) is 111 Å². The zero-order valence-corrected chi connectivity index (χ0v) is 24.0. The average Bonchev–Trinajstić information content (AvgIpc) is 3.45. The van der Waals surface area contributed by atoms with Crippen LogP contribution in [-0.4, -0.2) is 47.5 Å². The van der Waals surface area contributed by atoms with E-state index >= 15 is 0 Å². The van der Waals surface area contributed by atoms with Gasteiger partial charge < -0.3 is 21.3 Å². The largest absolute Gasteiger partial charge is 0.364 e. The third-order valence-electron chi connectivity index (χ3n) is 7.09. The van der Waals surface area contributed by atoms with Crippen molar-refractivity contribution in [2.24, 2.45) is 0 Å². The molecule has 0 bridgehead atoms. The Balaban J connectivity index is 1.35. The lowest BCUT2D eigenvalue weighted by atomic mass is 9.89. The summed E-state index contributed by atoms with van der Waals surface area (Å²) < 4.78 is 0. The number of aromatic nitrogens is 2. The van der Waals surface area contributed by atoms with E-state index in [9.17, 15) is 9.59 Å². The zero-order chi connectivity index (χ0) is 28.8. The van der Waals surface area contributed by atoms with E-state index < -0.39 is 5.54 Å². The second-order valence-corrected chi connectivity index (χ2v) is 10.9. The molecule has 41 heavy (non-hydrogen) atoms. The van der Waals surface area contributed by atoms with Crippen LogP contribution in [0.2, 0.25) is 10.0 Å². The molecule has 1 aliphatic rings. The van der Waals surface area contributed by atoms with Gasteiger partial charge in [0.2, 0.25) is 0 Å². The van der Waals surface area contributed by atoms with Crippen molar-refractivity contribution in [2.75, 3.05) is 25.5 Å². The molecule has 8 nitrogen and oxygen atoms in total. The monoisotopic (exact) mass is 588 g/mol. The number of carbonyl (C=O) groups excluding carboxylic acids is 2. The van der Waals surface area contributed by atoms with Gasteiger partial charge in [0.15, 0.2) is 11.5 Å². The van der Waals surface area contributed by atoms with E-state index in [1.54, 1.807) is 43.6 Å². The molecule has 0 aliphatic carbocycles. The molecule has 210 valence electrons. The molecule has 2 amide bonds. The minimum absolute atomic E-state index is 0.160. The number of hydrogen-bond acceptors (Lipinski definition) is 6. The van der Waals surface area contributed by atoms with Crippen molar-refractivity contribution < 1.29 is 9.59 Å². The van der Waals surface area contributed by atoms with Crippen molar-refractivity contribution in [2.45, 2.75) is 24.9 Å². The summed E-state index contributed by atoms with van der Waals surface area (Å²) in [5.41, 5.74) is 3.49. The fraction of sp³-hybridized carbons (Fsp3) is 0.226. The van der Waals surface area contributed by atoms with Crippen LogP contribution in [0.1, 0.15) is 38.4 Å². The van der Waals surface area contributed by atoms with Crippen molar-refractivity contribution in [3.63, 3.8) is 0 Å². The van der Waals surface area contributed by atoms with E-state index in [1.807, 2.05) is 42.5 Å². The Morgan fingerprint density at radius 3 is 2.32 bits per heavy atom. The van der Waals surface area contributed by atoms with Crippen LogP contribution in [0.3, 0.4) is 0 Å². The Kier molecular flexibility index (Phi) is 8.83. The Morgan fingerprint density at radius 2 is 1.66 bits per heavy atom. The van der Waals surface area contributed by atoms with Gasteiger partial charge in [-0.2, -0.15) is 0 Å². The molecule has 10 heteroatoms. The van der Waals surface area contributed by atoms with E-state index in [4.69, 9.17) is 23.2 Å². The van der Waals surface area contributed by atoms with Gasteiger partial charge in [-0.25, -0.2) is 9.97 Å². The Labute approximate surface area is 248 Å². The number of halogens is 2. The Hall–Kier alpha value is -3.98. The van der Waals surface area contributed by atoms with E-state index in [0.717, 1.165) is 24.1 Å². The summed E-state index contributed by atoms with van der Waals surface area (Å²) in [5, 5.41) is 13.8. The van der Waals surface area contributed by atoms with E-state index in [1.165, 1.54) is 0 Å². The fourth-order valence-electron chi connectivity index (χ4n) is 4.89. The molecule has 0 unspecified atom stereocenters. The maximum absolute atomic E-state index is 13.5. The Morgan fingerprint density at radius 1 is 0.951 bits per heavy atom. The molecule has 3 aromatic carbocycles. The van der Waals surface area contributed by atoms with Gasteiger partial charge in [0, 0.05) is 41.3 Å². The molecular formula is C31H30Cl2N6O2. The highest BCUT2D eigenvalue weighted by Gasteiger charge is 2.35. The number of hydrogen-bond donors (Lipinski definition) is 4. The molecule has 1 aromatic heterocycles. The first-order valence-corrected chi connectivity index (χ1v) is 14.1. The SMILES string of the molecule is CNC(=O)c1nc(-c2cccc(C(=O)N[C@]3(Cc4ccc(Cl)cc4)CCNC3)c2)cnc1NCc1ccc(Cl)cc1. The normalized spacial score (nSPS) is 16.3. The Bertz CT molecular complexity index is 1540. The van der Waals surface area contributed by atoms with Crippen LogP contribution in [0.4, 0.5) is 5.82 Å². The van der Waals surface area contributed by atoms with Crippen LogP contribution in [0.15, 0.2) is 79.0 Å². The van der Waals surface area contributed by atoms with Crippen LogP contribution >= 0.6 is 23.2 Å². The van der Waals surface area contributed by atoms with Crippen molar-refractivity contribution in [3.8, 4) is 11.3 Å². The van der Waals surface area contributed by atoms with Gasteiger partial charge in [0.05, 0.1) is 17.4 Å². The molecule has 2 heterocycles. The molecule has 4 aromatic rings. The van der Waals surface area contributed by atoms with Gasteiger partial charge in [0.25, 0.3) is 11.8 Å². The first-order valence-electron chi connectivity index (χ1n) is 13.3. The van der Waals surface area contributed by atoms with Crippen LogP contribution in [-0.2, 0) is 13.0 Å². The number of nitrogens with one attached hydrogen (secondary N) is 4. The van der Waals surface area contributed by atoms with E-state index in [0.29, 0.717) is 52.2 Å². The number of nitrogens with zero attached hydrogens (tertiary/aromatic N) is 2. The van der Waals surface area contributed by atoms with Gasteiger partial charge in [-0.15, -0.1) is 0 Å². The summed E-state index contributed by atoms with van der Waals surface area (Å²) in [5.74, 6) is -0.190. The lowest BCUT2D eigenvalue weighted by Crippen LogP contribution is -2.51. The first kappa shape index (κ1) is 28.5. The summed E-state index contributed by atoms with van der Waals surface area (Å²) >= 11 is 12.0. The van der Waals surface area contributed by atoms with Crippen LogP contribution in [0.5, 0.6) is 0 Å². The summed E-state index contributed by atoms with van der Waals surface area (Å²) in [6.45, 7) is 1.94. The summed E-state index contributed by atoms with van der Waals surface area (Å²) in [6.07, 6.45) is 3.09. The zero-order valence-electron chi connectivity index (χ0n) is 22.5. The minimum atomic E-state index is -0.412. The predicted octanol–water partition coefficient (Wildman–Crippen LogP) is 5.13. The van der Waals surface area contributed by atoms with Crippen LogP contribution in [0.25, 0.3) is 11.3 Å². The maximum Gasteiger partial charge on any atom is 0.273 e. The molecule has 0 radical (unpaired) electrons. The molecule has 0 saturated carbocycles. The highest BCUT2D eigenvalue weighted by atomic mass is 35.5. The number of carbonyl (C=O) groups is 2. The molecule has 1 atom stereocenters.